The Morgan fingerprint density at radius 1 is 0.773 bits per heavy atom. The fourth-order valence-electron chi connectivity index (χ4n) is 1.67. The number of ether oxygens (including phenoxy) is 4. The Bertz CT molecular complexity index is 209. The summed E-state index contributed by atoms with van der Waals surface area (Å²) in [6.07, 6.45) is 3.61. The van der Waals surface area contributed by atoms with Gasteiger partial charge in [-0.1, -0.05) is 26.7 Å². The van der Waals surface area contributed by atoms with E-state index in [4.69, 9.17) is 18.9 Å². The zero-order chi connectivity index (χ0) is 16.3. The summed E-state index contributed by atoms with van der Waals surface area (Å²) in [5.74, 6) is 0. The van der Waals surface area contributed by atoms with Crippen LogP contribution in [0.4, 0.5) is 0 Å². The van der Waals surface area contributed by atoms with Gasteiger partial charge in [-0.3, -0.25) is 0 Å². The van der Waals surface area contributed by atoms with Crippen LogP contribution in [0.15, 0.2) is 0 Å². The molecule has 1 N–H and O–H groups in total. The van der Waals surface area contributed by atoms with Gasteiger partial charge in [0.2, 0.25) is 0 Å². The Morgan fingerprint density at radius 3 is 1.77 bits per heavy atom. The molecule has 0 aromatic heterocycles. The molecule has 6 heteroatoms. The van der Waals surface area contributed by atoms with Crippen LogP contribution in [0.1, 0.15) is 33.1 Å². The second-order valence-corrected chi connectivity index (χ2v) is 6.09. The van der Waals surface area contributed by atoms with Crippen LogP contribution in [0, 0.1) is 0 Å². The third-order valence-electron chi connectivity index (χ3n) is 2.87. The van der Waals surface area contributed by atoms with Gasteiger partial charge >= 0.3 is 0 Å². The van der Waals surface area contributed by atoms with Gasteiger partial charge in [-0.2, -0.15) is 12.6 Å². The highest BCUT2D eigenvalue weighted by Gasteiger charge is 1.94. The molecule has 0 spiro atoms. The first kappa shape index (κ1) is 22.1. The fourth-order valence-corrected chi connectivity index (χ4v) is 1.80. The van der Waals surface area contributed by atoms with Gasteiger partial charge in [0.05, 0.1) is 46.2 Å². The summed E-state index contributed by atoms with van der Waals surface area (Å²) in [7, 11) is 0. The smallest absolute Gasteiger partial charge is 0.0701 e. The minimum Gasteiger partial charge on any atom is -0.379 e. The molecule has 0 saturated carbocycles. The molecule has 1 atom stereocenters. The van der Waals surface area contributed by atoms with Crippen LogP contribution in [0.25, 0.3) is 0 Å². The van der Waals surface area contributed by atoms with Crippen molar-refractivity contribution in [3.05, 3.63) is 0 Å². The molecule has 0 amide bonds. The van der Waals surface area contributed by atoms with E-state index in [1.165, 1.54) is 12.8 Å². The van der Waals surface area contributed by atoms with E-state index in [0.717, 1.165) is 26.1 Å². The second-order valence-electron chi connectivity index (χ2n) is 5.21. The van der Waals surface area contributed by atoms with Gasteiger partial charge in [-0.25, -0.2) is 0 Å². The van der Waals surface area contributed by atoms with Crippen molar-refractivity contribution >= 4 is 12.6 Å². The Hall–Kier alpha value is 0.150. The van der Waals surface area contributed by atoms with Crippen LogP contribution in [-0.4, -0.2) is 71.2 Å². The Morgan fingerprint density at radius 2 is 1.27 bits per heavy atom. The van der Waals surface area contributed by atoms with E-state index in [2.05, 4.69) is 31.8 Å². The first-order chi connectivity index (χ1) is 10.8. The molecule has 0 saturated heterocycles. The molecule has 0 aliphatic heterocycles. The molecular weight excluding hydrogens is 302 g/mol. The summed E-state index contributed by atoms with van der Waals surface area (Å²) in [4.78, 5) is 0. The van der Waals surface area contributed by atoms with E-state index in [-0.39, 0.29) is 0 Å². The van der Waals surface area contributed by atoms with Crippen molar-refractivity contribution in [3.63, 3.8) is 0 Å². The van der Waals surface area contributed by atoms with Crippen molar-refractivity contribution in [2.24, 2.45) is 0 Å². The molecule has 22 heavy (non-hydrogen) atoms. The average Bonchev–Trinajstić information content (AvgIpc) is 2.50. The zero-order valence-electron chi connectivity index (χ0n) is 14.3. The normalized spacial score (nSPS) is 12.7. The molecule has 0 aliphatic carbocycles. The van der Waals surface area contributed by atoms with Crippen molar-refractivity contribution in [1.29, 1.82) is 0 Å². The second kappa shape index (κ2) is 19.2. The first-order valence-corrected chi connectivity index (χ1v) is 8.98. The van der Waals surface area contributed by atoms with Crippen LogP contribution in [-0.2, 0) is 18.9 Å². The molecule has 0 radical (unpaired) electrons. The lowest BCUT2D eigenvalue weighted by molar-refractivity contribution is -0.00175. The lowest BCUT2D eigenvalue weighted by atomic mass is 10.3. The van der Waals surface area contributed by atoms with Gasteiger partial charge < -0.3 is 24.3 Å². The maximum absolute atomic E-state index is 5.45. The minimum absolute atomic E-state index is 0.380. The van der Waals surface area contributed by atoms with Crippen LogP contribution < -0.4 is 5.32 Å². The Balaban J connectivity index is 2.94. The summed E-state index contributed by atoms with van der Waals surface area (Å²) in [6.45, 7) is 11.3. The number of rotatable bonds is 18. The number of hydrogen-bond donors (Lipinski definition) is 2. The Kier molecular flexibility index (Phi) is 19.3. The van der Waals surface area contributed by atoms with Crippen LogP contribution >= 0.6 is 12.6 Å². The van der Waals surface area contributed by atoms with Crippen molar-refractivity contribution in [3.8, 4) is 0 Å². The van der Waals surface area contributed by atoms with Gasteiger partial charge in [0.15, 0.2) is 0 Å². The van der Waals surface area contributed by atoms with Gasteiger partial charge in [-0.05, 0) is 6.42 Å². The number of thiol groups is 1. The van der Waals surface area contributed by atoms with E-state index < -0.39 is 0 Å². The molecule has 0 aromatic rings. The molecule has 1 unspecified atom stereocenters. The highest BCUT2D eigenvalue weighted by molar-refractivity contribution is 7.80. The largest absolute Gasteiger partial charge is 0.379 e. The van der Waals surface area contributed by atoms with Gasteiger partial charge in [0.1, 0.15) is 0 Å². The topological polar surface area (TPSA) is 49.0 Å². The molecule has 5 nitrogen and oxygen atoms in total. The summed E-state index contributed by atoms with van der Waals surface area (Å²) < 4.78 is 21.7. The maximum atomic E-state index is 5.45. The number of nitrogens with one attached hydrogen (secondary N) is 1. The highest BCUT2D eigenvalue weighted by atomic mass is 32.1. The van der Waals surface area contributed by atoms with E-state index in [1.807, 2.05) is 0 Å². The van der Waals surface area contributed by atoms with E-state index in [0.29, 0.717) is 51.5 Å². The number of unbranched alkanes of at least 4 members (excludes halogenated alkanes) is 2. The molecule has 0 rings (SSSR count). The predicted octanol–water partition coefficient (Wildman–Crippen LogP) is 2.15. The van der Waals surface area contributed by atoms with Crippen LogP contribution in [0.5, 0.6) is 0 Å². The van der Waals surface area contributed by atoms with E-state index in [9.17, 15) is 0 Å². The summed E-state index contributed by atoms with van der Waals surface area (Å²) in [6, 6.07) is 0. The summed E-state index contributed by atoms with van der Waals surface area (Å²) >= 11 is 4.29. The third-order valence-corrected chi connectivity index (χ3v) is 3.05. The van der Waals surface area contributed by atoms with Gasteiger partial charge in [-0.15, -0.1) is 0 Å². The van der Waals surface area contributed by atoms with Crippen molar-refractivity contribution in [2.45, 2.75) is 38.4 Å². The van der Waals surface area contributed by atoms with Gasteiger partial charge in [0.25, 0.3) is 0 Å². The summed E-state index contributed by atoms with van der Waals surface area (Å²) in [5, 5.41) is 3.64. The minimum atomic E-state index is 0.380. The molecule has 0 fully saturated rings. The third kappa shape index (κ3) is 20.1. The highest BCUT2D eigenvalue weighted by Crippen LogP contribution is 1.93. The Labute approximate surface area is 141 Å². The lowest BCUT2D eigenvalue weighted by Crippen LogP contribution is -2.25. The average molecular weight is 338 g/mol. The SMILES string of the molecule is CCCCCOCCOCCOCCOCCNCC(C)S. The molecule has 0 aromatic carbocycles. The first-order valence-electron chi connectivity index (χ1n) is 8.47. The van der Waals surface area contributed by atoms with Crippen LogP contribution in [0.2, 0.25) is 0 Å². The van der Waals surface area contributed by atoms with E-state index in [1.54, 1.807) is 0 Å². The van der Waals surface area contributed by atoms with Crippen molar-refractivity contribution in [2.75, 3.05) is 65.9 Å². The summed E-state index contributed by atoms with van der Waals surface area (Å²) in [5.41, 5.74) is 0. The zero-order valence-corrected chi connectivity index (χ0v) is 15.2. The van der Waals surface area contributed by atoms with Crippen LogP contribution in [0.3, 0.4) is 0 Å². The van der Waals surface area contributed by atoms with Crippen molar-refractivity contribution in [1.82, 2.24) is 5.32 Å². The quantitative estimate of drug-likeness (QED) is 0.296. The van der Waals surface area contributed by atoms with Crippen molar-refractivity contribution < 1.29 is 18.9 Å². The molecule has 0 bridgehead atoms. The lowest BCUT2D eigenvalue weighted by Gasteiger charge is -2.08. The maximum Gasteiger partial charge on any atom is 0.0701 e. The molecular formula is C16H35NO4S. The molecule has 0 aliphatic rings. The standard InChI is InChI=1S/C16H35NO4S/c1-3-4-5-7-18-9-11-20-13-14-21-12-10-19-8-6-17-15-16(2)22/h16-17,22H,3-15H2,1-2H3. The van der Waals surface area contributed by atoms with Gasteiger partial charge in [0, 0.05) is 24.9 Å². The predicted molar refractivity (Wildman–Crippen MR) is 94.1 cm³/mol. The molecule has 0 heterocycles. The fraction of sp³-hybridized carbons (Fsp3) is 1.00. The molecule has 134 valence electrons. The monoisotopic (exact) mass is 337 g/mol. The number of hydrogen-bond acceptors (Lipinski definition) is 6. The van der Waals surface area contributed by atoms with E-state index >= 15 is 0 Å².